The molecule has 1 aliphatic carbocycles. The van der Waals surface area contributed by atoms with Crippen molar-refractivity contribution in [1.82, 2.24) is 10.2 Å². The summed E-state index contributed by atoms with van der Waals surface area (Å²) < 4.78 is 5.14. The predicted octanol–water partition coefficient (Wildman–Crippen LogP) is 3.18. The SMILES string of the molecule is O=C(CCNC(=O)c1ccc(Cl)cc1)OCC(=O)N1CCC[C@H]2CCCC[C@@H]21. The minimum Gasteiger partial charge on any atom is -0.456 e. The molecule has 2 amide bonds. The molecule has 7 heteroatoms. The van der Waals surface area contributed by atoms with Crippen molar-refractivity contribution in [2.45, 2.75) is 51.0 Å². The molecule has 0 unspecified atom stereocenters. The number of amides is 2. The van der Waals surface area contributed by atoms with E-state index >= 15 is 0 Å². The Morgan fingerprint density at radius 1 is 1.07 bits per heavy atom. The number of rotatable bonds is 6. The summed E-state index contributed by atoms with van der Waals surface area (Å²) in [5, 5.41) is 3.21. The topological polar surface area (TPSA) is 75.7 Å². The summed E-state index contributed by atoms with van der Waals surface area (Å²) in [6.07, 6.45) is 6.92. The summed E-state index contributed by atoms with van der Waals surface area (Å²) in [4.78, 5) is 38.3. The number of benzene rings is 1. The zero-order valence-corrected chi connectivity index (χ0v) is 16.7. The molecule has 0 aromatic heterocycles. The standard InChI is InChI=1S/C21H27ClN2O4/c22-17-9-7-16(8-10-17)21(27)23-12-11-20(26)28-14-19(25)24-13-3-5-15-4-1-2-6-18(15)24/h7-10,15,18H,1-6,11-14H2,(H,23,27)/t15-,18+/m1/s1. The highest BCUT2D eigenvalue weighted by Crippen LogP contribution is 2.35. The first-order chi connectivity index (χ1) is 13.5. The van der Waals surface area contributed by atoms with Crippen molar-refractivity contribution < 1.29 is 19.1 Å². The summed E-state index contributed by atoms with van der Waals surface area (Å²) in [7, 11) is 0. The van der Waals surface area contributed by atoms with Crippen molar-refractivity contribution in [2.24, 2.45) is 5.92 Å². The van der Waals surface area contributed by atoms with Crippen molar-refractivity contribution in [3.63, 3.8) is 0 Å². The molecule has 0 bridgehead atoms. The van der Waals surface area contributed by atoms with E-state index in [0.717, 1.165) is 25.8 Å². The number of carbonyl (C=O) groups is 3. The fourth-order valence-electron chi connectivity index (χ4n) is 4.21. The summed E-state index contributed by atoms with van der Waals surface area (Å²) in [5.74, 6) is -0.264. The molecular formula is C21H27ClN2O4. The first-order valence-electron chi connectivity index (χ1n) is 10.0. The van der Waals surface area contributed by atoms with E-state index in [1.807, 2.05) is 4.90 Å². The minimum absolute atomic E-state index is 0.0265. The van der Waals surface area contributed by atoms with Crippen LogP contribution in [0.3, 0.4) is 0 Å². The van der Waals surface area contributed by atoms with Crippen LogP contribution >= 0.6 is 11.6 Å². The van der Waals surface area contributed by atoms with E-state index < -0.39 is 5.97 Å². The third kappa shape index (κ3) is 5.47. The zero-order valence-electron chi connectivity index (χ0n) is 16.0. The predicted molar refractivity (Wildman–Crippen MR) is 106 cm³/mol. The number of likely N-dealkylation sites (tertiary alicyclic amines) is 1. The average Bonchev–Trinajstić information content (AvgIpc) is 2.72. The molecule has 0 radical (unpaired) electrons. The van der Waals surface area contributed by atoms with Gasteiger partial charge in [-0.3, -0.25) is 14.4 Å². The van der Waals surface area contributed by atoms with Crippen LogP contribution in [0.15, 0.2) is 24.3 Å². The summed E-state index contributed by atoms with van der Waals surface area (Å²) >= 11 is 5.79. The Hall–Kier alpha value is -2.08. The fourth-order valence-corrected chi connectivity index (χ4v) is 4.34. The van der Waals surface area contributed by atoms with Crippen LogP contribution in [0.4, 0.5) is 0 Å². The van der Waals surface area contributed by atoms with E-state index in [-0.39, 0.29) is 31.4 Å². The maximum atomic E-state index is 12.5. The molecule has 152 valence electrons. The van der Waals surface area contributed by atoms with Crippen LogP contribution in [0.1, 0.15) is 55.3 Å². The molecule has 28 heavy (non-hydrogen) atoms. The Bertz CT molecular complexity index is 705. The Labute approximate surface area is 170 Å². The van der Waals surface area contributed by atoms with Gasteiger partial charge in [-0.25, -0.2) is 0 Å². The lowest BCUT2D eigenvalue weighted by atomic mass is 9.78. The first kappa shape index (κ1) is 20.6. The second-order valence-electron chi connectivity index (χ2n) is 7.51. The average molecular weight is 407 g/mol. The number of esters is 1. The Morgan fingerprint density at radius 2 is 1.79 bits per heavy atom. The van der Waals surface area contributed by atoms with Gasteiger partial charge < -0.3 is 15.0 Å². The lowest BCUT2D eigenvalue weighted by molar-refractivity contribution is -0.154. The van der Waals surface area contributed by atoms with E-state index in [1.54, 1.807) is 24.3 Å². The molecule has 1 aliphatic heterocycles. The number of hydrogen-bond donors (Lipinski definition) is 1. The number of nitrogens with one attached hydrogen (secondary N) is 1. The summed E-state index contributed by atoms with van der Waals surface area (Å²) in [6, 6.07) is 6.81. The van der Waals surface area contributed by atoms with Crippen LogP contribution in [0.5, 0.6) is 0 Å². The molecule has 3 rings (SSSR count). The van der Waals surface area contributed by atoms with Crippen LogP contribution in [-0.4, -0.2) is 48.4 Å². The molecule has 1 aromatic carbocycles. The van der Waals surface area contributed by atoms with Crippen molar-refractivity contribution in [1.29, 1.82) is 0 Å². The number of halogens is 1. The minimum atomic E-state index is -0.484. The second kappa shape index (κ2) is 9.92. The van der Waals surface area contributed by atoms with Crippen LogP contribution in [0.25, 0.3) is 0 Å². The normalized spacial score (nSPS) is 21.5. The van der Waals surface area contributed by atoms with E-state index in [4.69, 9.17) is 16.3 Å². The number of ether oxygens (including phenoxy) is 1. The molecule has 2 aliphatic rings. The van der Waals surface area contributed by atoms with Gasteiger partial charge in [0.15, 0.2) is 6.61 Å². The van der Waals surface area contributed by atoms with Crippen molar-refractivity contribution >= 4 is 29.4 Å². The maximum absolute atomic E-state index is 12.5. The largest absolute Gasteiger partial charge is 0.456 e. The van der Waals surface area contributed by atoms with Gasteiger partial charge in [0.1, 0.15) is 0 Å². The van der Waals surface area contributed by atoms with Gasteiger partial charge in [-0.1, -0.05) is 24.4 Å². The molecular weight excluding hydrogens is 380 g/mol. The first-order valence-corrected chi connectivity index (χ1v) is 10.4. The quantitative estimate of drug-likeness (QED) is 0.736. The molecule has 1 N–H and O–H groups in total. The Kier molecular flexibility index (Phi) is 7.31. The van der Waals surface area contributed by atoms with Crippen molar-refractivity contribution in [3.05, 3.63) is 34.9 Å². The Morgan fingerprint density at radius 3 is 2.57 bits per heavy atom. The number of piperidine rings is 1. The van der Waals surface area contributed by atoms with Crippen molar-refractivity contribution in [3.8, 4) is 0 Å². The molecule has 0 spiro atoms. The molecule has 6 nitrogen and oxygen atoms in total. The molecule has 1 heterocycles. The molecule has 2 atom stereocenters. The summed E-state index contributed by atoms with van der Waals surface area (Å²) in [6.45, 7) is 0.699. The third-order valence-electron chi connectivity index (χ3n) is 5.64. The molecule has 1 saturated carbocycles. The van der Waals surface area contributed by atoms with Crippen LogP contribution in [-0.2, 0) is 14.3 Å². The zero-order chi connectivity index (χ0) is 19.9. The second-order valence-corrected chi connectivity index (χ2v) is 7.95. The van der Waals surface area contributed by atoms with Crippen LogP contribution in [0, 0.1) is 5.92 Å². The van der Waals surface area contributed by atoms with Gasteiger partial charge >= 0.3 is 5.97 Å². The van der Waals surface area contributed by atoms with Crippen LogP contribution in [0.2, 0.25) is 5.02 Å². The van der Waals surface area contributed by atoms with E-state index in [1.165, 1.54) is 19.3 Å². The van der Waals surface area contributed by atoms with E-state index in [0.29, 0.717) is 22.5 Å². The Balaban J connectivity index is 1.37. The summed E-state index contributed by atoms with van der Waals surface area (Å²) in [5.41, 5.74) is 0.472. The van der Waals surface area contributed by atoms with Gasteiger partial charge in [-0.2, -0.15) is 0 Å². The van der Waals surface area contributed by atoms with Gasteiger partial charge in [0.25, 0.3) is 11.8 Å². The highest BCUT2D eigenvalue weighted by atomic mass is 35.5. The maximum Gasteiger partial charge on any atom is 0.308 e. The monoisotopic (exact) mass is 406 g/mol. The lowest BCUT2D eigenvalue weighted by Gasteiger charge is -2.44. The number of carbonyl (C=O) groups excluding carboxylic acids is 3. The number of hydrogen-bond acceptors (Lipinski definition) is 4. The molecule has 2 fully saturated rings. The van der Waals surface area contributed by atoms with E-state index in [9.17, 15) is 14.4 Å². The van der Waals surface area contributed by atoms with Gasteiger partial charge in [-0.05, 0) is 55.9 Å². The van der Waals surface area contributed by atoms with E-state index in [2.05, 4.69) is 5.32 Å². The van der Waals surface area contributed by atoms with Gasteiger partial charge in [0.2, 0.25) is 0 Å². The van der Waals surface area contributed by atoms with Crippen molar-refractivity contribution in [2.75, 3.05) is 19.7 Å². The van der Waals surface area contributed by atoms with Gasteiger partial charge in [0.05, 0.1) is 6.42 Å². The molecule has 1 saturated heterocycles. The van der Waals surface area contributed by atoms with Gasteiger partial charge in [0, 0.05) is 29.7 Å². The third-order valence-corrected chi connectivity index (χ3v) is 5.89. The molecule has 1 aromatic rings. The van der Waals surface area contributed by atoms with Crippen LogP contribution < -0.4 is 5.32 Å². The number of nitrogens with zero attached hydrogens (tertiary/aromatic N) is 1. The fraction of sp³-hybridized carbons (Fsp3) is 0.571. The highest BCUT2D eigenvalue weighted by Gasteiger charge is 2.35. The smallest absolute Gasteiger partial charge is 0.308 e. The van der Waals surface area contributed by atoms with Gasteiger partial charge in [-0.15, -0.1) is 0 Å². The lowest BCUT2D eigenvalue weighted by Crippen LogP contribution is -2.50. The number of fused-ring (bicyclic) bond motifs is 1. The highest BCUT2D eigenvalue weighted by molar-refractivity contribution is 6.30.